The minimum Gasteiger partial charge on any atom is -0.371 e. The van der Waals surface area contributed by atoms with Gasteiger partial charge in [-0.25, -0.2) is 0 Å². The molecule has 0 aromatic heterocycles. The van der Waals surface area contributed by atoms with Crippen LogP contribution in [0.4, 0.5) is 5.69 Å². The lowest BCUT2D eigenvalue weighted by atomic mass is 10.2. The van der Waals surface area contributed by atoms with Gasteiger partial charge in [-0.3, -0.25) is 15.4 Å². The number of hydrazone groups is 1. The minimum atomic E-state index is -4.05. The number of nitriles is 1. The largest absolute Gasteiger partial charge is 0.380 e. The van der Waals surface area contributed by atoms with Crippen molar-refractivity contribution in [3.63, 3.8) is 0 Å². The first kappa shape index (κ1) is 17.5. The van der Waals surface area contributed by atoms with E-state index in [4.69, 9.17) is 10.4 Å². The molecule has 0 unspecified atom stereocenters. The number of rotatable bonds is 6. The highest BCUT2D eigenvalue weighted by atomic mass is 32.2. The highest BCUT2D eigenvalue weighted by Crippen LogP contribution is 2.22. The number of nitrogens with two attached hydrogens (primary N) is 1. The molecule has 0 saturated heterocycles. The van der Waals surface area contributed by atoms with E-state index in [2.05, 4.69) is 20.8 Å². The van der Waals surface area contributed by atoms with E-state index in [9.17, 15) is 8.42 Å². The third-order valence-electron chi connectivity index (χ3n) is 3.59. The summed E-state index contributed by atoms with van der Waals surface area (Å²) in [6.45, 7) is 1.00. The molecule has 2 aromatic carbocycles. The molecule has 26 heavy (non-hydrogen) atoms. The maximum absolute atomic E-state index is 11.0. The third kappa shape index (κ3) is 4.41. The molecule has 1 aliphatic rings. The fourth-order valence-electron chi connectivity index (χ4n) is 2.41. The van der Waals surface area contributed by atoms with E-state index in [1.165, 1.54) is 12.1 Å². The van der Waals surface area contributed by atoms with Crippen LogP contribution in [-0.2, 0) is 16.8 Å². The van der Waals surface area contributed by atoms with Crippen LogP contribution in [0.2, 0.25) is 0 Å². The van der Waals surface area contributed by atoms with Crippen molar-refractivity contribution >= 4 is 22.3 Å². The number of hydrogen-bond donors (Lipinski definition) is 2. The molecule has 0 aliphatic carbocycles. The van der Waals surface area contributed by atoms with Crippen molar-refractivity contribution in [2.75, 3.05) is 11.7 Å². The van der Waals surface area contributed by atoms with Crippen LogP contribution in [0.1, 0.15) is 11.1 Å². The molecule has 9 nitrogen and oxygen atoms in total. The Bertz CT molecular complexity index is 935. The van der Waals surface area contributed by atoms with Gasteiger partial charge < -0.3 is 4.18 Å². The minimum absolute atomic E-state index is 0.144. The van der Waals surface area contributed by atoms with E-state index in [-0.39, 0.29) is 5.75 Å². The standard InChI is InChI=1S/C16H16N6O3S/c17-9-13-1-5-15(6-2-13)22(21-11-19-20-12-21)10-14-3-7-16(8-4-14)25-26(18,23)24/h1-8,11,20H,10,12H2,(H2,18,23,24). The van der Waals surface area contributed by atoms with Gasteiger partial charge in [0.15, 0.2) is 0 Å². The number of hydrazine groups is 1. The molecule has 0 radical (unpaired) electrons. The van der Waals surface area contributed by atoms with E-state index in [1.807, 2.05) is 22.2 Å². The van der Waals surface area contributed by atoms with Gasteiger partial charge in [-0.1, -0.05) is 12.1 Å². The Labute approximate surface area is 151 Å². The SMILES string of the molecule is N#Cc1ccc(N(Cc2ccc(OS(N)(=O)=O)cc2)N2C=NNC2)cc1. The van der Waals surface area contributed by atoms with E-state index in [1.54, 1.807) is 30.6 Å². The van der Waals surface area contributed by atoms with E-state index < -0.39 is 10.3 Å². The van der Waals surface area contributed by atoms with Crippen LogP contribution in [0.15, 0.2) is 53.6 Å². The second kappa shape index (κ2) is 7.30. The van der Waals surface area contributed by atoms with Crippen molar-refractivity contribution in [2.45, 2.75) is 6.54 Å². The van der Waals surface area contributed by atoms with Crippen molar-refractivity contribution in [2.24, 2.45) is 10.2 Å². The monoisotopic (exact) mass is 372 g/mol. The van der Waals surface area contributed by atoms with E-state index in [0.29, 0.717) is 18.8 Å². The van der Waals surface area contributed by atoms with Crippen LogP contribution in [0.25, 0.3) is 0 Å². The third-order valence-corrected chi connectivity index (χ3v) is 4.01. The predicted octanol–water partition coefficient (Wildman–Crippen LogP) is 0.868. The molecule has 0 spiro atoms. The molecule has 3 rings (SSSR count). The Kier molecular flexibility index (Phi) is 4.92. The van der Waals surface area contributed by atoms with Gasteiger partial charge in [0, 0.05) is 0 Å². The molecule has 1 aliphatic heterocycles. The second-order valence-corrected chi connectivity index (χ2v) is 6.59. The Morgan fingerprint density at radius 2 is 1.92 bits per heavy atom. The van der Waals surface area contributed by atoms with Crippen molar-refractivity contribution in [1.29, 1.82) is 5.26 Å². The summed E-state index contributed by atoms with van der Waals surface area (Å²) >= 11 is 0. The summed E-state index contributed by atoms with van der Waals surface area (Å²) in [5, 5.41) is 21.7. The topological polar surface area (TPSA) is 124 Å². The lowest BCUT2D eigenvalue weighted by molar-refractivity contribution is 0.393. The maximum Gasteiger partial charge on any atom is 0.380 e. The van der Waals surface area contributed by atoms with Crippen molar-refractivity contribution < 1.29 is 12.6 Å². The van der Waals surface area contributed by atoms with Crippen LogP contribution in [-0.4, -0.2) is 26.4 Å². The molecule has 134 valence electrons. The predicted molar refractivity (Wildman–Crippen MR) is 95.9 cm³/mol. The fourth-order valence-corrected chi connectivity index (χ4v) is 2.78. The van der Waals surface area contributed by atoms with Gasteiger partial charge in [0.05, 0.1) is 23.9 Å². The number of nitrogens with zero attached hydrogens (tertiary/aromatic N) is 4. The summed E-state index contributed by atoms with van der Waals surface area (Å²) in [6, 6.07) is 15.8. The summed E-state index contributed by atoms with van der Waals surface area (Å²) in [7, 11) is -4.05. The average Bonchev–Trinajstić information content (AvgIpc) is 3.14. The molecule has 0 atom stereocenters. The molecule has 0 fully saturated rings. The van der Waals surface area contributed by atoms with Gasteiger partial charge in [-0.15, -0.1) is 0 Å². The first-order chi connectivity index (χ1) is 12.4. The summed E-state index contributed by atoms with van der Waals surface area (Å²) < 4.78 is 26.6. The van der Waals surface area contributed by atoms with Crippen LogP contribution in [0.5, 0.6) is 5.75 Å². The van der Waals surface area contributed by atoms with Gasteiger partial charge in [0.25, 0.3) is 0 Å². The zero-order valence-corrected chi connectivity index (χ0v) is 14.4. The van der Waals surface area contributed by atoms with E-state index in [0.717, 1.165) is 11.3 Å². The van der Waals surface area contributed by atoms with Gasteiger partial charge in [0.2, 0.25) is 0 Å². The van der Waals surface area contributed by atoms with Gasteiger partial charge in [-0.2, -0.15) is 23.9 Å². The lowest BCUT2D eigenvalue weighted by Crippen LogP contribution is -2.41. The smallest absolute Gasteiger partial charge is 0.371 e. The number of benzene rings is 2. The quantitative estimate of drug-likeness (QED) is 0.771. The zero-order valence-electron chi connectivity index (χ0n) is 13.6. The molecule has 10 heteroatoms. The number of nitrogens with one attached hydrogen (secondary N) is 1. The Morgan fingerprint density at radius 1 is 1.23 bits per heavy atom. The summed E-state index contributed by atoms with van der Waals surface area (Å²) in [4.78, 5) is 0. The molecule has 1 heterocycles. The van der Waals surface area contributed by atoms with Crippen molar-refractivity contribution in [3.8, 4) is 11.8 Å². The van der Waals surface area contributed by atoms with Crippen LogP contribution < -0.4 is 19.8 Å². The summed E-state index contributed by atoms with van der Waals surface area (Å²) in [5.74, 6) is 0.144. The molecule has 0 amide bonds. The first-order valence-corrected chi connectivity index (χ1v) is 9.03. The lowest BCUT2D eigenvalue weighted by Gasteiger charge is -2.32. The molecular formula is C16H16N6O3S. The molecule has 2 aromatic rings. The van der Waals surface area contributed by atoms with Crippen molar-refractivity contribution in [3.05, 3.63) is 59.7 Å². The van der Waals surface area contributed by atoms with Crippen molar-refractivity contribution in [1.82, 2.24) is 10.4 Å². The molecule has 0 saturated carbocycles. The molecular weight excluding hydrogens is 356 g/mol. The Morgan fingerprint density at radius 3 is 2.46 bits per heavy atom. The summed E-state index contributed by atoms with van der Waals surface area (Å²) in [5.41, 5.74) is 5.23. The highest BCUT2D eigenvalue weighted by molar-refractivity contribution is 7.84. The molecule has 3 N–H and O–H groups in total. The van der Waals surface area contributed by atoms with Crippen LogP contribution in [0, 0.1) is 11.3 Å². The maximum atomic E-state index is 11.0. The Hall–Kier alpha value is -3.29. The average molecular weight is 372 g/mol. The van der Waals surface area contributed by atoms with Gasteiger partial charge in [-0.05, 0) is 42.0 Å². The number of hydrogen-bond acceptors (Lipinski definition) is 8. The summed E-state index contributed by atoms with van der Waals surface area (Å²) in [6.07, 6.45) is 1.66. The normalized spacial score (nSPS) is 13.2. The van der Waals surface area contributed by atoms with Gasteiger partial charge in [0.1, 0.15) is 18.8 Å². The van der Waals surface area contributed by atoms with Gasteiger partial charge >= 0.3 is 10.3 Å². The second-order valence-electron chi connectivity index (χ2n) is 5.44. The Balaban J connectivity index is 1.81. The number of anilines is 1. The first-order valence-electron chi connectivity index (χ1n) is 7.56. The zero-order chi connectivity index (χ0) is 18.6. The van der Waals surface area contributed by atoms with E-state index >= 15 is 0 Å². The highest BCUT2D eigenvalue weighted by Gasteiger charge is 2.17. The fraction of sp³-hybridized carbons (Fsp3) is 0.125. The van der Waals surface area contributed by atoms with Crippen LogP contribution in [0.3, 0.4) is 0 Å². The molecule has 0 bridgehead atoms. The van der Waals surface area contributed by atoms with Crippen LogP contribution >= 0.6 is 0 Å².